The summed E-state index contributed by atoms with van der Waals surface area (Å²) < 4.78 is 0.822. The summed E-state index contributed by atoms with van der Waals surface area (Å²) in [7, 11) is 0. The number of halogens is 2. The summed E-state index contributed by atoms with van der Waals surface area (Å²) in [5.74, 6) is 0.741. The minimum absolute atomic E-state index is 0.261. The Kier molecular flexibility index (Phi) is 4.49. The van der Waals surface area contributed by atoms with Gasteiger partial charge in [-0.15, -0.1) is 0 Å². The van der Waals surface area contributed by atoms with E-state index in [2.05, 4.69) is 42.9 Å². The van der Waals surface area contributed by atoms with E-state index in [1.54, 1.807) is 6.20 Å². The van der Waals surface area contributed by atoms with E-state index >= 15 is 0 Å². The summed E-state index contributed by atoms with van der Waals surface area (Å²) in [5.41, 5.74) is 1.05. The molecule has 0 aliphatic carbocycles. The highest BCUT2D eigenvalue weighted by molar-refractivity contribution is 14.1. The molecule has 2 aromatic heterocycles. The van der Waals surface area contributed by atoms with E-state index in [0.717, 1.165) is 28.2 Å². The molecule has 0 fully saturated rings. The molecule has 6 heteroatoms. The highest BCUT2D eigenvalue weighted by Gasteiger charge is 2.00. The predicted molar refractivity (Wildman–Crippen MR) is 76.2 cm³/mol. The van der Waals surface area contributed by atoms with Gasteiger partial charge in [0, 0.05) is 30.9 Å². The number of aromatic nitrogens is 3. The van der Waals surface area contributed by atoms with Crippen molar-refractivity contribution in [2.45, 2.75) is 6.42 Å². The largest absolute Gasteiger partial charge is 0.370 e. The number of hydrogen-bond donors (Lipinski definition) is 1. The van der Waals surface area contributed by atoms with Gasteiger partial charge in [-0.2, -0.15) is 0 Å². The van der Waals surface area contributed by atoms with Crippen molar-refractivity contribution in [3.63, 3.8) is 0 Å². The Morgan fingerprint density at radius 3 is 2.88 bits per heavy atom. The Balaban J connectivity index is 1.90. The maximum atomic E-state index is 5.77. The van der Waals surface area contributed by atoms with Crippen molar-refractivity contribution in [3.05, 3.63) is 45.1 Å². The van der Waals surface area contributed by atoms with Crippen LogP contribution in [0.1, 0.15) is 5.69 Å². The summed E-state index contributed by atoms with van der Waals surface area (Å²) in [6, 6.07) is 7.74. The van der Waals surface area contributed by atoms with Crippen molar-refractivity contribution in [3.8, 4) is 0 Å². The van der Waals surface area contributed by atoms with Gasteiger partial charge in [0.15, 0.2) is 0 Å². The summed E-state index contributed by atoms with van der Waals surface area (Å²) in [6.45, 7) is 0.764. The van der Waals surface area contributed by atoms with Gasteiger partial charge in [-0.05, 0) is 46.3 Å². The van der Waals surface area contributed by atoms with E-state index in [1.807, 2.05) is 24.3 Å². The molecule has 2 rings (SSSR count). The standard InChI is InChI=1S/C11H10ClIN4/c12-11-16-9(13)7-10(17-11)15-6-4-8-3-1-2-5-14-8/h1-3,5,7H,4,6H2,(H,15,16,17). The van der Waals surface area contributed by atoms with Gasteiger partial charge in [-0.25, -0.2) is 9.97 Å². The topological polar surface area (TPSA) is 50.7 Å². The molecule has 0 aliphatic heterocycles. The highest BCUT2D eigenvalue weighted by atomic mass is 127. The van der Waals surface area contributed by atoms with Crippen LogP contribution < -0.4 is 5.32 Å². The van der Waals surface area contributed by atoms with Crippen LogP contribution in [0.5, 0.6) is 0 Å². The van der Waals surface area contributed by atoms with Gasteiger partial charge in [-0.3, -0.25) is 4.98 Å². The highest BCUT2D eigenvalue weighted by Crippen LogP contribution is 2.12. The van der Waals surface area contributed by atoms with Crippen LogP contribution in [0.3, 0.4) is 0 Å². The van der Waals surface area contributed by atoms with E-state index in [9.17, 15) is 0 Å². The molecule has 0 amide bonds. The number of anilines is 1. The van der Waals surface area contributed by atoms with Crippen LogP contribution >= 0.6 is 34.2 Å². The van der Waals surface area contributed by atoms with Gasteiger partial charge in [0.2, 0.25) is 5.28 Å². The molecule has 0 spiro atoms. The average molecular weight is 361 g/mol. The SMILES string of the molecule is Clc1nc(I)cc(NCCc2ccccn2)n1. The Hall–Kier alpha value is -0.950. The Morgan fingerprint density at radius 2 is 2.18 bits per heavy atom. The lowest BCUT2D eigenvalue weighted by Gasteiger charge is -2.05. The smallest absolute Gasteiger partial charge is 0.225 e. The van der Waals surface area contributed by atoms with Crippen LogP contribution in [0, 0.1) is 3.70 Å². The molecule has 0 aliphatic rings. The number of rotatable bonds is 4. The summed E-state index contributed by atoms with van der Waals surface area (Å²) in [6.07, 6.45) is 2.64. The molecular formula is C11H10ClIN4. The maximum Gasteiger partial charge on any atom is 0.225 e. The quantitative estimate of drug-likeness (QED) is 0.517. The fourth-order valence-electron chi connectivity index (χ4n) is 1.35. The van der Waals surface area contributed by atoms with Crippen molar-refractivity contribution in [1.29, 1.82) is 0 Å². The lowest BCUT2D eigenvalue weighted by molar-refractivity contribution is 0.949. The van der Waals surface area contributed by atoms with Gasteiger partial charge in [0.05, 0.1) is 0 Å². The first-order chi connectivity index (χ1) is 8.24. The second kappa shape index (κ2) is 6.11. The fraction of sp³-hybridized carbons (Fsp3) is 0.182. The monoisotopic (exact) mass is 360 g/mol. The first-order valence-corrected chi connectivity index (χ1v) is 6.53. The van der Waals surface area contributed by atoms with Crippen LogP contribution in [0.25, 0.3) is 0 Å². The van der Waals surface area contributed by atoms with Crippen molar-refractivity contribution >= 4 is 40.0 Å². The van der Waals surface area contributed by atoms with E-state index < -0.39 is 0 Å². The number of pyridine rings is 1. The first-order valence-electron chi connectivity index (χ1n) is 5.08. The number of nitrogens with one attached hydrogen (secondary N) is 1. The molecule has 88 valence electrons. The van der Waals surface area contributed by atoms with Gasteiger partial charge < -0.3 is 5.32 Å². The van der Waals surface area contributed by atoms with Gasteiger partial charge in [-0.1, -0.05) is 6.07 Å². The second-order valence-corrected chi connectivity index (χ2v) is 4.79. The third kappa shape index (κ3) is 4.08. The molecule has 2 heterocycles. The van der Waals surface area contributed by atoms with E-state index in [4.69, 9.17) is 11.6 Å². The second-order valence-electron chi connectivity index (χ2n) is 3.34. The number of hydrogen-bond acceptors (Lipinski definition) is 4. The van der Waals surface area contributed by atoms with E-state index in [0.29, 0.717) is 0 Å². The Morgan fingerprint density at radius 1 is 1.29 bits per heavy atom. The zero-order valence-corrected chi connectivity index (χ0v) is 11.8. The van der Waals surface area contributed by atoms with Crippen molar-refractivity contribution in [1.82, 2.24) is 15.0 Å². The minimum Gasteiger partial charge on any atom is -0.370 e. The van der Waals surface area contributed by atoms with Crippen molar-refractivity contribution in [2.75, 3.05) is 11.9 Å². The molecule has 17 heavy (non-hydrogen) atoms. The molecular weight excluding hydrogens is 351 g/mol. The fourth-order valence-corrected chi connectivity index (χ4v) is 2.19. The molecule has 0 aromatic carbocycles. The molecule has 0 atom stereocenters. The minimum atomic E-state index is 0.261. The zero-order valence-electron chi connectivity index (χ0n) is 8.90. The number of nitrogens with zero attached hydrogens (tertiary/aromatic N) is 3. The van der Waals surface area contributed by atoms with Gasteiger partial charge >= 0.3 is 0 Å². The molecule has 2 aromatic rings. The van der Waals surface area contributed by atoms with E-state index in [1.165, 1.54) is 0 Å². The summed E-state index contributed by atoms with van der Waals surface area (Å²) in [4.78, 5) is 12.3. The molecule has 1 N–H and O–H groups in total. The van der Waals surface area contributed by atoms with Crippen LogP contribution in [0.2, 0.25) is 5.28 Å². The lowest BCUT2D eigenvalue weighted by Crippen LogP contribution is -2.08. The molecule has 0 saturated heterocycles. The van der Waals surface area contributed by atoms with Crippen LogP contribution in [0.15, 0.2) is 30.5 Å². The lowest BCUT2D eigenvalue weighted by atomic mass is 10.3. The molecule has 0 unspecified atom stereocenters. The maximum absolute atomic E-state index is 5.77. The third-order valence-electron chi connectivity index (χ3n) is 2.08. The molecule has 4 nitrogen and oxygen atoms in total. The molecule has 0 bridgehead atoms. The molecule has 0 radical (unpaired) electrons. The third-order valence-corrected chi connectivity index (χ3v) is 2.80. The summed E-state index contributed by atoms with van der Waals surface area (Å²) >= 11 is 7.87. The normalized spacial score (nSPS) is 10.2. The predicted octanol–water partition coefficient (Wildman–Crippen LogP) is 2.78. The molecule has 0 saturated carbocycles. The van der Waals surface area contributed by atoms with Gasteiger partial charge in [0.1, 0.15) is 9.52 Å². The van der Waals surface area contributed by atoms with Crippen LogP contribution in [-0.4, -0.2) is 21.5 Å². The Bertz CT molecular complexity index is 472. The van der Waals surface area contributed by atoms with Crippen LogP contribution in [-0.2, 0) is 6.42 Å². The zero-order chi connectivity index (χ0) is 12.1. The first kappa shape index (κ1) is 12.5. The summed E-state index contributed by atoms with van der Waals surface area (Å²) in [5, 5.41) is 3.46. The van der Waals surface area contributed by atoms with Gasteiger partial charge in [0.25, 0.3) is 0 Å². The van der Waals surface area contributed by atoms with Crippen molar-refractivity contribution < 1.29 is 0 Å². The van der Waals surface area contributed by atoms with Crippen LogP contribution in [0.4, 0.5) is 5.82 Å². The van der Waals surface area contributed by atoms with E-state index in [-0.39, 0.29) is 5.28 Å². The van der Waals surface area contributed by atoms with Crippen molar-refractivity contribution in [2.24, 2.45) is 0 Å². The average Bonchev–Trinajstić information content (AvgIpc) is 2.29. The Labute approximate surface area is 118 Å².